The van der Waals surface area contributed by atoms with Gasteiger partial charge in [-0.25, -0.2) is 0 Å². The van der Waals surface area contributed by atoms with Crippen molar-refractivity contribution in [2.45, 2.75) is 38.1 Å². The Morgan fingerprint density at radius 3 is 2.94 bits per heavy atom. The van der Waals surface area contributed by atoms with E-state index < -0.39 is 0 Å². The first kappa shape index (κ1) is 11.5. The molecular formula is C14H22NO+. The van der Waals surface area contributed by atoms with Crippen LogP contribution in [0.1, 0.15) is 32.3 Å². The Bertz CT molecular complexity index is 364. The zero-order valence-corrected chi connectivity index (χ0v) is 10.5. The highest BCUT2D eigenvalue weighted by molar-refractivity contribution is 5.34. The molecule has 88 valence electrons. The summed E-state index contributed by atoms with van der Waals surface area (Å²) in [5.74, 6) is 0.969. The van der Waals surface area contributed by atoms with Crippen molar-refractivity contribution in [3.8, 4) is 5.75 Å². The Kier molecular flexibility index (Phi) is 3.20. The van der Waals surface area contributed by atoms with Crippen molar-refractivity contribution in [1.29, 1.82) is 0 Å². The van der Waals surface area contributed by atoms with Gasteiger partial charge in [-0.1, -0.05) is 12.1 Å². The minimum absolute atomic E-state index is 0.285. The van der Waals surface area contributed by atoms with Gasteiger partial charge in [-0.15, -0.1) is 0 Å². The molecule has 1 aromatic rings. The van der Waals surface area contributed by atoms with Gasteiger partial charge < -0.3 is 10.1 Å². The summed E-state index contributed by atoms with van der Waals surface area (Å²) in [6.45, 7) is 5.97. The van der Waals surface area contributed by atoms with Gasteiger partial charge >= 0.3 is 0 Å². The zero-order chi connectivity index (χ0) is 11.6. The second kappa shape index (κ2) is 4.46. The molecule has 1 saturated heterocycles. The van der Waals surface area contributed by atoms with Gasteiger partial charge in [0.1, 0.15) is 5.75 Å². The van der Waals surface area contributed by atoms with E-state index in [9.17, 15) is 0 Å². The van der Waals surface area contributed by atoms with Gasteiger partial charge in [-0.3, -0.25) is 0 Å². The van der Waals surface area contributed by atoms with Crippen LogP contribution in [0.25, 0.3) is 0 Å². The molecule has 2 rings (SSSR count). The summed E-state index contributed by atoms with van der Waals surface area (Å²) in [5, 5.41) is 2.46. The lowest BCUT2D eigenvalue weighted by Crippen LogP contribution is -2.94. The molecule has 2 N–H and O–H groups in total. The molecule has 1 aromatic carbocycles. The molecule has 0 unspecified atom stereocenters. The summed E-state index contributed by atoms with van der Waals surface area (Å²) in [6, 6.07) is 9.19. The van der Waals surface area contributed by atoms with Crippen LogP contribution in [0.4, 0.5) is 0 Å². The van der Waals surface area contributed by atoms with Crippen LogP contribution in [0, 0.1) is 0 Å². The van der Waals surface area contributed by atoms with Crippen LogP contribution >= 0.6 is 0 Å². The first-order valence-electron chi connectivity index (χ1n) is 6.14. The molecule has 0 aromatic heterocycles. The predicted molar refractivity (Wildman–Crippen MR) is 65.8 cm³/mol. The van der Waals surface area contributed by atoms with Crippen molar-refractivity contribution in [3.63, 3.8) is 0 Å². The summed E-state index contributed by atoms with van der Waals surface area (Å²) in [5.41, 5.74) is 1.70. The SMILES string of the molecule is COc1cccc([C@@]2(C)CCC[NH2+][C@@H]2C)c1. The number of quaternary nitrogens is 1. The van der Waals surface area contributed by atoms with E-state index in [1.807, 2.05) is 6.07 Å². The minimum Gasteiger partial charge on any atom is -0.497 e. The molecular weight excluding hydrogens is 198 g/mol. The monoisotopic (exact) mass is 220 g/mol. The molecule has 1 fully saturated rings. The van der Waals surface area contributed by atoms with E-state index in [0.29, 0.717) is 6.04 Å². The lowest BCUT2D eigenvalue weighted by Gasteiger charge is -2.38. The number of piperidine rings is 1. The number of methoxy groups -OCH3 is 1. The Morgan fingerprint density at radius 1 is 1.44 bits per heavy atom. The highest BCUT2D eigenvalue weighted by atomic mass is 16.5. The first-order chi connectivity index (χ1) is 7.66. The Hall–Kier alpha value is -1.02. The number of ether oxygens (including phenoxy) is 1. The van der Waals surface area contributed by atoms with Gasteiger partial charge in [0.05, 0.1) is 19.7 Å². The first-order valence-corrected chi connectivity index (χ1v) is 6.14. The maximum Gasteiger partial charge on any atom is 0.119 e. The lowest BCUT2D eigenvalue weighted by atomic mass is 9.71. The van der Waals surface area contributed by atoms with E-state index in [-0.39, 0.29) is 5.41 Å². The smallest absolute Gasteiger partial charge is 0.119 e. The van der Waals surface area contributed by atoms with E-state index in [0.717, 1.165) is 5.75 Å². The van der Waals surface area contributed by atoms with E-state index in [1.165, 1.54) is 24.9 Å². The van der Waals surface area contributed by atoms with Crippen LogP contribution < -0.4 is 10.1 Å². The van der Waals surface area contributed by atoms with E-state index in [4.69, 9.17) is 4.74 Å². The molecule has 0 spiro atoms. The van der Waals surface area contributed by atoms with Crippen molar-refractivity contribution in [1.82, 2.24) is 0 Å². The second-order valence-corrected chi connectivity index (χ2v) is 5.07. The van der Waals surface area contributed by atoms with Gasteiger partial charge in [0.25, 0.3) is 0 Å². The van der Waals surface area contributed by atoms with Crippen LogP contribution in [-0.4, -0.2) is 19.7 Å². The van der Waals surface area contributed by atoms with Crippen LogP contribution in [0.3, 0.4) is 0 Å². The third-order valence-electron chi connectivity index (χ3n) is 4.15. The number of nitrogens with two attached hydrogens (primary N) is 1. The molecule has 16 heavy (non-hydrogen) atoms. The van der Waals surface area contributed by atoms with E-state index in [1.54, 1.807) is 7.11 Å². The number of rotatable bonds is 2. The zero-order valence-electron chi connectivity index (χ0n) is 10.5. The maximum atomic E-state index is 5.32. The molecule has 1 aliphatic rings. The number of hydrogen-bond donors (Lipinski definition) is 1. The molecule has 0 aliphatic carbocycles. The van der Waals surface area contributed by atoms with E-state index >= 15 is 0 Å². The summed E-state index contributed by atoms with van der Waals surface area (Å²) < 4.78 is 5.32. The predicted octanol–water partition coefficient (Wildman–Crippen LogP) is 1.70. The Morgan fingerprint density at radius 2 is 2.25 bits per heavy atom. The molecule has 0 saturated carbocycles. The molecule has 0 bridgehead atoms. The molecule has 0 radical (unpaired) electrons. The molecule has 0 amide bonds. The van der Waals surface area contributed by atoms with Crippen LogP contribution in [0.15, 0.2) is 24.3 Å². The topological polar surface area (TPSA) is 25.8 Å². The van der Waals surface area contributed by atoms with E-state index in [2.05, 4.69) is 37.4 Å². The second-order valence-electron chi connectivity index (χ2n) is 5.07. The molecule has 2 nitrogen and oxygen atoms in total. The summed E-state index contributed by atoms with van der Waals surface area (Å²) in [7, 11) is 1.73. The van der Waals surface area contributed by atoms with Crippen molar-refractivity contribution in [2.75, 3.05) is 13.7 Å². The van der Waals surface area contributed by atoms with Gasteiger partial charge in [0.2, 0.25) is 0 Å². The van der Waals surface area contributed by atoms with Crippen LogP contribution in [0.5, 0.6) is 5.75 Å². The third-order valence-corrected chi connectivity index (χ3v) is 4.15. The van der Waals surface area contributed by atoms with Crippen molar-refractivity contribution < 1.29 is 10.1 Å². The summed E-state index contributed by atoms with van der Waals surface area (Å²) >= 11 is 0. The summed E-state index contributed by atoms with van der Waals surface area (Å²) in [4.78, 5) is 0. The number of hydrogen-bond acceptors (Lipinski definition) is 1. The van der Waals surface area contributed by atoms with Crippen molar-refractivity contribution in [2.24, 2.45) is 0 Å². The fourth-order valence-corrected chi connectivity index (χ4v) is 2.71. The maximum absolute atomic E-state index is 5.32. The fourth-order valence-electron chi connectivity index (χ4n) is 2.71. The fraction of sp³-hybridized carbons (Fsp3) is 0.571. The lowest BCUT2D eigenvalue weighted by molar-refractivity contribution is -0.703. The Labute approximate surface area is 98.0 Å². The highest BCUT2D eigenvalue weighted by Crippen LogP contribution is 2.34. The van der Waals surface area contributed by atoms with Crippen LogP contribution in [0.2, 0.25) is 0 Å². The highest BCUT2D eigenvalue weighted by Gasteiger charge is 2.38. The molecule has 2 atom stereocenters. The molecule has 2 heteroatoms. The average molecular weight is 220 g/mol. The third kappa shape index (κ3) is 1.94. The van der Waals surface area contributed by atoms with Crippen molar-refractivity contribution >= 4 is 0 Å². The van der Waals surface area contributed by atoms with Crippen LogP contribution in [-0.2, 0) is 5.41 Å². The molecule has 1 heterocycles. The largest absolute Gasteiger partial charge is 0.497 e. The van der Waals surface area contributed by atoms with Crippen molar-refractivity contribution in [3.05, 3.63) is 29.8 Å². The molecule has 1 aliphatic heterocycles. The summed E-state index contributed by atoms with van der Waals surface area (Å²) in [6.07, 6.45) is 2.58. The Balaban J connectivity index is 2.33. The number of benzene rings is 1. The van der Waals surface area contributed by atoms with Gasteiger partial charge in [-0.2, -0.15) is 0 Å². The average Bonchev–Trinajstić information content (AvgIpc) is 2.33. The quantitative estimate of drug-likeness (QED) is 0.806. The van der Waals surface area contributed by atoms with Gasteiger partial charge in [0.15, 0.2) is 0 Å². The normalized spacial score (nSPS) is 30.1. The standard InChI is InChI=1S/C14H21NO/c1-11-14(2,8-5-9-15-11)12-6-4-7-13(10-12)16-3/h4,6-7,10-11,15H,5,8-9H2,1-3H3/p+1/t11-,14+/m1/s1. The minimum atomic E-state index is 0.285. The van der Waals surface area contributed by atoms with Gasteiger partial charge in [0, 0.05) is 5.41 Å². The van der Waals surface area contributed by atoms with Gasteiger partial charge in [-0.05, 0) is 44.4 Å².